The summed E-state index contributed by atoms with van der Waals surface area (Å²) in [5, 5.41) is 12.2. The van der Waals surface area contributed by atoms with Crippen LogP contribution in [0.2, 0.25) is 0 Å². The molecule has 2 aromatic carbocycles. The van der Waals surface area contributed by atoms with E-state index in [4.69, 9.17) is 4.74 Å². The zero-order valence-corrected chi connectivity index (χ0v) is 20.4. The van der Waals surface area contributed by atoms with Gasteiger partial charge in [-0.3, -0.25) is 9.59 Å². The summed E-state index contributed by atoms with van der Waals surface area (Å²) in [6.45, 7) is 6.84. The van der Waals surface area contributed by atoms with Gasteiger partial charge in [0.15, 0.2) is 0 Å². The molecule has 0 bridgehead atoms. The van der Waals surface area contributed by atoms with E-state index in [1.54, 1.807) is 4.90 Å². The summed E-state index contributed by atoms with van der Waals surface area (Å²) in [5.41, 5.74) is 4.04. The van der Waals surface area contributed by atoms with E-state index in [2.05, 4.69) is 29.6 Å². The number of nitrogens with one attached hydrogen (secondary N) is 1. The second kappa shape index (κ2) is 8.70. The number of carboxylic acid groups (broad SMARTS) is 1. The van der Waals surface area contributed by atoms with Crippen LogP contribution in [-0.4, -0.2) is 53.7 Å². The van der Waals surface area contributed by atoms with Crippen molar-refractivity contribution in [3.8, 4) is 11.1 Å². The normalized spacial score (nSPS) is 23.5. The molecule has 3 aliphatic rings. The number of aliphatic carboxylic acids is 1. The topological polar surface area (TPSA) is 95.9 Å². The molecule has 4 atom stereocenters. The van der Waals surface area contributed by atoms with Gasteiger partial charge in [0, 0.05) is 19.0 Å². The number of alkyl carbamates (subject to hydrolysis) is 1. The van der Waals surface area contributed by atoms with Gasteiger partial charge in [0.25, 0.3) is 0 Å². The van der Waals surface area contributed by atoms with Crippen molar-refractivity contribution in [1.82, 2.24) is 10.2 Å². The summed E-state index contributed by atoms with van der Waals surface area (Å²) in [5.74, 6) is -1.19. The van der Waals surface area contributed by atoms with Crippen LogP contribution in [0.25, 0.3) is 11.1 Å². The molecular weight excluding hydrogens is 444 g/mol. The molecule has 2 amide bonds. The zero-order chi connectivity index (χ0) is 24.9. The highest BCUT2D eigenvalue weighted by Crippen LogP contribution is 2.52. The van der Waals surface area contributed by atoms with Crippen LogP contribution in [0.1, 0.15) is 44.2 Å². The summed E-state index contributed by atoms with van der Waals surface area (Å²) in [6, 6.07) is 15.5. The molecule has 7 nitrogen and oxygen atoms in total. The van der Waals surface area contributed by atoms with E-state index >= 15 is 0 Å². The third-order valence-corrected chi connectivity index (χ3v) is 7.81. The van der Waals surface area contributed by atoms with Crippen molar-refractivity contribution in [1.29, 1.82) is 0 Å². The molecule has 2 aromatic rings. The average Bonchev–Trinajstić information content (AvgIpc) is 3.47. The molecule has 1 aliphatic heterocycles. The molecule has 1 heterocycles. The quantitative estimate of drug-likeness (QED) is 0.677. The highest BCUT2D eigenvalue weighted by atomic mass is 16.5. The zero-order valence-electron chi connectivity index (χ0n) is 20.4. The average molecular weight is 477 g/mol. The lowest BCUT2D eigenvalue weighted by molar-refractivity contribution is -0.140. The molecule has 1 unspecified atom stereocenters. The van der Waals surface area contributed by atoms with Gasteiger partial charge in [-0.15, -0.1) is 0 Å². The number of carbonyl (C=O) groups excluding carboxylic acids is 2. The first-order valence-corrected chi connectivity index (χ1v) is 12.3. The van der Waals surface area contributed by atoms with Crippen LogP contribution in [0.3, 0.4) is 0 Å². The fourth-order valence-electron chi connectivity index (χ4n) is 5.89. The smallest absolute Gasteiger partial charge is 0.407 e. The van der Waals surface area contributed by atoms with Crippen molar-refractivity contribution in [2.24, 2.45) is 23.2 Å². The number of ether oxygens (including phenoxy) is 1. The fourth-order valence-corrected chi connectivity index (χ4v) is 5.89. The van der Waals surface area contributed by atoms with E-state index in [1.165, 1.54) is 0 Å². The molecule has 0 aromatic heterocycles. The van der Waals surface area contributed by atoms with Crippen molar-refractivity contribution < 1.29 is 24.2 Å². The first kappa shape index (κ1) is 23.4. The number of rotatable bonds is 5. The standard InChI is InChI=1S/C28H32N2O5/c1-28(2,3)24(25(31)30-13-12-20-21(14-30)23(20)26(32)33)29-27(34)35-15-22-18-10-6-4-8-16(18)17-9-5-7-11-19(17)22/h4-11,20-24H,12-15H2,1-3H3,(H,29,34)(H,32,33)/t20-,21+,23?,24-/m1/s1. The molecule has 2 aliphatic carbocycles. The fraction of sp³-hybridized carbons (Fsp3) is 0.464. The molecule has 5 rings (SSSR count). The maximum Gasteiger partial charge on any atom is 0.407 e. The first-order chi connectivity index (χ1) is 16.7. The Bertz CT molecular complexity index is 1120. The first-order valence-electron chi connectivity index (χ1n) is 12.3. The lowest BCUT2D eigenvalue weighted by atomic mass is 9.85. The van der Waals surface area contributed by atoms with Gasteiger partial charge in [-0.1, -0.05) is 69.3 Å². The van der Waals surface area contributed by atoms with E-state index in [1.807, 2.05) is 45.0 Å². The Labute approximate surface area is 205 Å². The maximum absolute atomic E-state index is 13.4. The SMILES string of the molecule is CC(C)(C)[C@H](NC(=O)OCC1c2ccccc2-c2ccccc21)C(=O)N1CC[C@H]2C(C(=O)O)[C@H]2C1. The number of carbonyl (C=O) groups is 3. The minimum absolute atomic E-state index is 0.0141. The van der Waals surface area contributed by atoms with Gasteiger partial charge in [0.1, 0.15) is 12.6 Å². The van der Waals surface area contributed by atoms with Crippen molar-refractivity contribution in [3.05, 3.63) is 59.7 Å². The molecule has 35 heavy (non-hydrogen) atoms. The third-order valence-electron chi connectivity index (χ3n) is 7.81. The number of amides is 2. The Kier molecular flexibility index (Phi) is 5.82. The lowest BCUT2D eigenvalue weighted by Gasteiger charge is -2.36. The molecule has 184 valence electrons. The Morgan fingerprint density at radius 2 is 1.63 bits per heavy atom. The number of fused-ring (bicyclic) bond motifs is 4. The number of hydrogen-bond donors (Lipinski definition) is 2. The van der Waals surface area contributed by atoms with Gasteiger partial charge in [0.2, 0.25) is 5.91 Å². The van der Waals surface area contributed by atoms with E-state index in [-0.39, 0.29) is 36.2 Å². The molecule has 7 heteroatoms. The Morgan fingerprint density at radius 1 is 1.03 bits per heavy atom. The van der Waals surface area contributed by atoms with Crippen LogP contribution in [0, 0.1) is 23.2 Å². The largest absolute Gasteiger partial charge is 0.481 e. The Hall–Kier alpha value is -3.35. The van der Waals surface area contributed by atoms with Gasteiger partial charge in [-0.05, 0) is 45.9 Å². The van der Waals surface area contributed by atoms with Crippen molar-refractivity contribution >= 4 is 18.0 Å². The molecule has 0 radical (unpaired) electrons. The summed E-state index contributed by atoms with van der Waals surface area (Å²) >= 11 is 0. The van der Waals surface area contributed by atoms with E-state index in [0.29, 0.717) is 19.5 Å². The third kappa shape index (κ3) is 4.28. The Balaban J connectivity index is 1.25. The second-order valence-electron chi connectivity index (χ2n) is 11.0. The van der Waals surface area contributed by atoms with Crippen LogP contribution >= 0.6 is 0 Å². The number of likely N-dealkylation sites (tertiary alicyclic amines) is 1. The Morgan fingerprint density at radius 3 is 2.20 bits per heavy atom. The van der Waals surface area contributed by atoms with E-state index in [9.17, 15) is 19.5 Å². The summed E-state index contributed by atoms with van der Waals surface area (Å²) in [4.78, 5) is 39.4. The van der Waals surface area contributed by atoms with Crippen LogP contribution in [0.5, 0.6) is 0 Å². The van der Waals surface area contributed by atoms with Gasteiger partial charge in [0.05, 0.1) is 5.92 Å². The number of benzene rings is 2. The van der Waals surface area contributed by atoms with E-state index < -0.39 is 23.5 Å². The van der Waals surface area contributed by atoms with Gasteiger partial charge in [-0.25, -0.2) is 4.79 Å². The molecular formula is C28H32N2O5. The highest BCUT2D eigenvalue weighted by Gasteiger charge is 2.58. The summed E-state index contributed by atoms with van der Waals surface area (Å²) in [7, 11) is 0. The monoisotopic (exact) mass is 476 g/mol. The van der Waals surface area contributed by atoms with Crippen molar-refractivity contribution in [2.75, 3.05) is 19.7 Å². The molecule has 2 N–H and O–H groups in total. The minimum atomic E-state index is -0.779. The number of carboxylic acids is 1. The van der Waals surface area contributed by atoms with Gasteiger partial charge >= 0.3 is 12.1 Å². The van der Waals surface area contributed by atoms with Gasteiger partial charge < -0.3 is 20.1 Å². The predicted octanol–water partition coefficient (Wildman–Crippen LogP) is 4.12. The van der Waals surface area contributed by atoms with Crippen molar-refractivity contribution in [2.45, 2.75) is 39.2 Å². The van der Waals surface area contributed by atoms with E-state index in [0.717, 1.165) is 22.3 Å². The summed E-state index contributed by atoms with van der Waals surface area (Å²) in [6.07, 6.45) is 0.0692. The second-order valence-corrected chi connectivity index (χ2v) is 11.0. The number of nitrogens with zero attached hydrogens (tertiary/aromatic N) is 1. The molecule has 0 spiro atoms. The van der Waals surface area contributed by atoms with Crippen LogP contribution in [-0.2, 0) is 14.3 Å². The van der Waals surface area contributed by atoms with Crippen molar-refractivity contribution in [3.63, 3.8) is 0 Å². The molecule has 2 fully saturated rings. The number of hydrogen-bond acceptors (Lipinski definition) is 4. The van der Waals surface area contributed by atoms with Crippen LogP contribution in [0.15, 0.2) is 48.5 Å². The molecule has 1 saturated carbocycles. The van der Waals surface area contributed by atoms with Crippen LogP contribution < -0.4 is 5.32 Å². The van der Waals surface area contributed by atoms with Gasteiger partial charge in [-0.2, -0.15) is 0 Å². The lowest BCUT2D eigenvalue weighted by Crippen LogP contribution is -2.56. The maximum atomic E-state index is 13.4. The highest BCUT2D eigenvalue weighted by molar-refractivity contribution is 5.87. The predicted molar refractivity (Wildman–Crippen MR) is 131 cm³/mol. The van der Waals surface area contributed by atoms with Crippen LogP contribution in [0.4, 0.5) is 4.79 Å². The summed E-state index contributed by atoms with van der Waals surface area (Å²) < 4.78 is 5.68. The minimum Gasteiger partial charge on any atom is -0.481 e. The number of piperidine rings is 1. The molecule has 1 saturated heterocycles.